The molecule has 0 atom stereocenters. The van der Waals surface area contributed by atoms with Crippen LogP contribution in [0.5, 0.6) is 5.75 Å². The van der Waals surface area contributed by atoms with Gasteiger partial charge in [-0.05, 0) is 63.5 Å². The van der Waals surface area contributed by atoms with E-state index >= 15 is 0 Å². The van der Waals surface area contributed by atoms with Gasteiger partial charge in [0, 0.05) is 30.8 Å². The Morgan fingerprint density at radius 3 is 2.55 bits per heavy atom. The maximum absolute atomic E-state index is 11.7. The predicted octanol–water partition coefficient (Wildman–Crippen LogP) is 3.51. The molecule has 162 valence electrons. The molecule has 0 radical (unpaired) electrons. The Kier molecular flexibility index (Phi) is 5.99. The number of carbonyl (C=O) groups excluding carboxylic acids is 1. The smallest absolute Gasteiger partial charge is 0.253 e. The van der Waals surface area contributed by atoms with Crippen LogP contribution < -0.4 is 10.1 Å². The quantitative estimate of drug-likeness (QED) is 0.657. The first-order valence-corrected chi connectivity index (χ1v) is 10.5. The second-order valence-corrected chi connectivity index (χ2v) is 7.98. The maximum Gasteiger partial charge on any atom is 0.253 e. The number of amides is 1. The number of rotatable bonds is 6. The van der Waals surface area contributed by atoms with E-state index in [-0.39, 0.29) is 5.91 Å². The second kappa shape index (κ2) is 8.85. The largest absolute Gasteiger partial charge is 0.496 e. The van der Waals surface area contributed by atoms with E-state index in [0.29, 0.717) is 17.5 Å². The van der Waals surface area contributed by atoms with Gasteiger partial charge < -0.3 is 10.1 Å². The number of benzene rings is 1. The summed E-state index contributed by atoms with van der Waals surface area (Å²) in [6.45, 7) is 8.48. The fourth-order valence-electron chi connectivity index (χ4n) is 4.00. The number of anilines is 1. The Morgan fingerprint density at radius 1 is 1.13 bits per heavy atom. The molecule has 2 aromatic heterocycles. The van der Waals surface area contributed by atoms with Crippen molar-refractivity contribution >= 4 is 11.7 Å². The molecule has 0 aliphatic carbocycles. The topological polar surface area (TPSA) is 85.2 Å². The number of nitrogens with one attached hydrogen (secondary N) is 1. The molecule has 1 aliphatic rings. The minimum absolute atomic E-state index is 0.196. The van der Waals surface area contributed by atoms with E-state index in [1.54, 1.807) is 17.9 Å². The molecule has 1 saturated heterocycles. The van der Waals surface area contributed by atoms with Gasteiger partial charge >= 0.3 is 0 Å². The highest BCUT2D eigenvalue weighted by Crippen LogP contribution is 2.32. The van der Waals surface area contributed by atoms with Crippen LogP contribution in [-0.2, 0) is 11.3 Å². The van der Waals surface area contributed by atoms with Crippen LogP contribution in [-0.4, -0.2) is 50.8 Å². The molecule has 1 aromatic carbocycles. The van der Waals surface area contributed by atoms with E-state index in [2.05, 4.69) is 32.4 Å². The summed E-state index contributed by atoms with van der Waals surface area (Å²) < 4.78 is 7.32. The fourth-order valence-corrected chi connectivity index (χ4v) is 4.00. The zero-order valence-corrected chi connectivity index (χ0v) is 18.5. The predicted molar refractivity (Wildman–Crippen MR) is 119 cm³/mol. The molecule has 3 heterocycles. The molecule has 0 bridgehead atoms. The minimum Gasteiger partial charge on any atom is -0.496 e. The van der Waals surface area contributed by atoms with E-state index in [4.69, 9.17) is 9.72 Å². The monoisotopic (exact) mass is 420 g/mol. The van der Waals surface area contributed by atoms with Crippen molar-refractivity contribution in [3.8, 4) is 23.0 Å². The molecule has 4 rings (SSSR count). The van der Waals surface area contributed by atoms with E-state index in [1.807, 2.05) is 26.0 Å². The third-order valence-electron chi connectivity index (χ3n) is 5.36. The molecule has 0 unspecified atom stereocenters. The van der Waals surface area contributed by atoms with Crippen molar-refractivity contribution in [2.45, 2.75) is 40.2 Å². The van der Waals surface area contributed by atoms with Gasteiger partial charge in [0.1, 0.15) is 11.6 Å². The Balaban J connectivity index is 1.80. The van der Waals surface area contributed by atoms with E-state index < -0.39 is 0 Å². The third kappa shape index (κ3) is 4.74. The van der Waals surface area contributed by atoms with Crippen LogP contribution >= 0.6 is 0 Å². The lowest BCUT2D eigenvalue weighted by Crippen LogP contribution is -2.18. The zero-order chi connectivity index (χ0) is 22.0. The van der Waals surface area contributed by atoms with Gasteiger partial charge in [0.05, 0.1) is 18.5 Å². The van der Waals surface area contributed by atoms with Crippen LogP contribution in [0.25, 0.3) is 17.2 Å². The lowest BCUT2D eigenvalue weighted by atomic mass is 10.1. The average molecular weight is 421 g/mol. The summed E-state index contributed by atoms with van der Waals surface area (Å²) in [5.74, 6) is 1.35. The van der Waals surface area contributed by atoms with Gasteiger partial charge in [0.25, 0.3) is 5.95 Å². The molecular weight excluding hydrogens is 392 g/mol. The molecule has 8 heteroatoms. The van der Waals surface area contributed by atoms with Crippen LogP contribution in [0, 0.1) is 13.8 Å². The summed E-state index contributed by atoms with van der Waals surface area (Å²) in [4.78, 5) is 23.5. The van der Waals surface area contributed by atoms with Crippen LogP contribution in [0.1, 0.15) is 36.7 Å². The molecule has 1 fully saturated rings. The Bertz CT molecular complexity index is 1100. The van der Waals surface area contributed by atoms with Crippen LogP contribution in [0.2, 0.25) is 0 Å². The summed E-state index contributed by atoms with van der Waals surface area (Å²) in [6.07, 6.45) is 2.50. The van der Waals surface area contributed by atoms with Gasteiger partial charge in [-0.1, -0.05) is 6.07 Å². The van der Waals surface area contributed by atoms with E-state index in [1.165, 1.54) is 25.3 Å². The fraction of sp³-hybridized carbons (Fsp3) is 0.391. The standard InChI is InChI=1S/C23H28N6O2/c1-15-11-16(2)29(27-15)23-25-20(13-22(26-23)24-17(3)30)19-12-18(7-8-21(19)31-4)14-28-9-5-6-10-28/h7-8,11-13H,5-6,9-10,14H2,1-4H3,(H,24,25,26,30). The van der Waals surface area contributed by atoms with Crippen molar-refractivity contribution in [3.05, 3.63) is 47.3 Å². The highest BCUT2D eigenvalue weighted by molar-refractivity contribution is 5.88. The molecule has 1 aliphatic heterocycles. The van der Waals surface area contributed by atoms with Crippen LogP contribution in [0.15, 0.2) is 30.3 Å². The summed E-state index contributed by atoms with van der Waals surface area (Å²) in [5.41, 5.74) is 4.51. The van der Waals surface area contributed by atoms with Gasteiger partial charge in [-0.15, -0.1) is 0 Å². The molecule has 31 heavy (non-hydrogen) atoms. The van der Waals surface area contributed by atoms with Crippen molar-refractivity contribution in [2.75, 3.05) is 25.5 Å². The number of likely N-dealkylation sites (tertiary alicyclic amines) is 1. The normalized spacial score (nSPS) is 14.1. The van der Waals surface area contributed by atoms with E-state index in [0.717, 1.165) is 42.3 Å². The van der Waals surface area contributed by atoms with Gasteiger partial charge in [-0.25, -0.2) is 9.67 Å². The lowest BCUT2D eigenvalue weighted by Gasteiger charge is -2.17. The van der Waals surface area contributed by atoms with Crippen LogP contribution in [0.4, 0.5) is 5.82 Å². The molecule has 0 saturated carbocycles. The first kappa shape index (κ1) is 21.0. The van der Waals surface area contributed by atoms with Gasteiger partial charge in [0.2, 0.25) is 5.91 Å². The van der Waals surface area contributed by atoms with Gasteiger partial charge in [-0.2, -0.15) is 10.1 Å². The highest BCUT2D eigenvalue weighted by Gasteiger charge is 2.17. The van der Waals surface area contributed by atoms with E-state index in [9.17, 15) is 4.79 Å². The molecule has 3 aromatic rings. The molecular formula is C23H28N6O2. The Labute approximate surface area is 182 Å². The summed E-state index contributed by atoms with van der Waals surface area (Å²) in [6, 6.07) is 9.92. The summed E-state index contributed by atoms with van der Waals surface area (Å²) in [5, 5.41) is 7.29. The number of carbonyl (C=O) groups is 1. The highest BCUT2D eigenvalue weighted by atomic mass is 16.5. The number of nitrogens with zero attached hydrogens (tertiary/aromatic N) is 5. The van der Waals surface area contributed by atoms with Crippen molar-refractivity contribution in [1.29, 1.82) is 0 Å². The van der Waals surface area contributed by atoms with Gasteiger partial charge in [-0.3, -0.25) is 9.69 Å². The number of hydrogen-bond acceptors (Lipinski definition) is 6. The number of ether oxygens (including phenoxy) is 1. The average Bonchev–Trinajstić information content (AvgIpc) is 3.36. The molecule has 1 amide bonds. The second-order valence-electron chi connectivity index (χ2n) is 7.98. The SMILES string of the molecule is COc1ccc(CN2CCCC2)cc1-c1cc(NC(C)=O)nc(-n2nc(C)cc2C)n1. The van der Waals surface area contributed by atoms with Crippen molar-refractivity contribution in [2.24, 2.45) is 0 Å². The Morgan fingerprint density at radius 2 is 1.90 bits per heavy atom. The molecule has 8 nitrogen and oxygen atoms in total. The maximum atomic E-state index is 11.7. The summed E-state index contributed by atoms with van der Waals surface area (Å²) in [7, 11) is 1.65. The van der Waals surface area contributed by atoms with Crippen LogP contribution in [0.3, 0.4) is 0 Å². The molecule has 1 N–H and O–H groups in total. The number of hydrogen-bond donors (Lipinski definition) is 1. The van der Waals surface area contributed by atoms with Crippen molar-refractivity contribution in [3.63, 3.8) is 0 Å². The zero-order valence-electron chi connectivity index (χ0n) is 18.5. The van der Waals surface area contributed by atoms with Gasteiger partial charge in [0.15, 0.2) is 0 Å². The first-order valence-electron chi connectivity index (χ1n) is 10.5. The lowest BCUT2D eigenvalue weighted by molar-refractivity contribution is -0.114. The van der Waals surface area contributed by atoms with Crippen molar-refractivity contribution in [1.82, 2.24) is 24.6 Å². The number of methoxy groups -OCH3 is 1. The first-order chi connectivity index (χ1) is 14.9. The Hall–Kier alpha value is -3.26. The molecule has 0 spiro atoms. The van der Waals surface area contributed by atoms with Crippen molar-refractivity contribution < 1.29 is 9.53 Å². The number of aromatic nitrogens is 4. The summed E-state index contributed by atoms with van der Waals surface area (Å²) >= 11 is 0. The third-order valence-corrected chi connectivity index (χ3v) is 5.36. The minimum atomic E-state index is -0.196. The number of aryl methyl sites for hydroxylation is 2.